The molecule has 0 radical (unpaired) electrons. The zero-order valence-electron chi connectivity index (χ0n) is 18.0. The molecule has 1 unspecified atom stereocenters. The van der Waals surface area contributed by atoms with E-state index in [-0.39, 0.29) is 16.7 Å². The lowest BCUT2D eigenvalue weighted by atomic mass is 9.98. The first-order chi connectivity index (χ1) is 13.4. The van der Waals surface area contributed by atoms with Crippen LogP contribution >= 0.6 is 0 Å². The van der Waals surface area contributed by atoms with Crippen molar-refractivity contribution >= 4 is 21.6 Å². The number of carbonyl (C=O) groups is 1. The van der Waals surface area contributed by atoms with Gasteiger partial charge in [0.05, 0.1) is 4.90 Å². The Morgan fingerprint density at radius 3 is 1.93 bits per heavy atom. The van der Waals surface area contributed by atoms with Gasteiger partial charge in [0, 0.05) is 24.7 Å². The highest BCUT2D eigenvalue weighted by molar-refractivity contribution is 7.89. The number of nitrogens with one attached hydrogen (secondary N) is 1. The number of amides is 1. The summed E-state index contributed by atoms with van der Waals surface area (Å²) in [6.07, 6.45) is 7.43. The van der Waals surface area contributed by atoms with Crippen molar-refractivity contribution in [2.24, 2.45) is 5.92 Å². The van der Waals surface area contributed by atoms with Crippen LogP contribution in [-0.2, 0) is 14.8 Å². The van der Waals surface area contributed by atoms with Crippen molar-refractivity contribution in [3.63, 3.8) is 0 Å². The summed E-state index contributed by atoms with van der Waals surface area (Å²) in [5.41, 5.74) is 0.646. The van der Waals surface area contributed by atoms with Gasteiger partial charge in [-0.05, 0) is 49.9 Å². The van der Waals surface area contributed by atoms with Crippen molar-refractivity contribution in [2.75, 3.05) is 18.4 Å². The van der Waals surface area contributed by atoms with Gasteiger partial charge >= 0.3 is 0 Å². The smallest absolute Gasteiger partial charge is 0.243 e. The van der Waals surface area contributed by atoms with Crippen LogP contribution in [0.15, 0.2) is 29.2 Å². The van der Waals surface area contributed by atoms with E-state index in [0.29, 0.717) is 18.8 Å². The van der Waals surface area contributed by atoms with E-state index in [1.54, 1.807) is 28.6 Å². The second-order valence-electron chi connectivity index (χ2n) is 7.37. The molecule has 0 saturated heterocycles. The normalized spacial score (nSPS) is 12.9. The van der Waals surface area contributed by atoms with Crippen molar-refractivity contribution in [1.82, 2.24) is 4.31 Å². The molecule has 0 aliphatic heterocycles. The van der Waals surface area contributed by atoms with Crippen molar-refractivity contribution in [2.45, 2.75) is 84.0 Å². The largest absolute Gasteiger partial charge is 0.326 e. The number of anilines is 1. The van der Waals surface area contributed by atoms with Crippen molar-refractivity contribution in [3.05, 3.63) is 24.3 Å². The summed E-state index contributed by atoms with van der Waals surface area (Å²) in [6, 6.07) is 6.58. The number of sulfonamides is 1. The molecule has 1 atom stereocenters. The maximum atomic E-state index is 13.0. The molecule has 0 aliphatic carbocycles. The van der Waals surface area contributed by atoms with E-state index in [4.69, 9.17) is 0 Å². The van der Waals surface area contributed by atoms with Crippen LogP contribution in [0.5, 0.6) is 0 Å². The van der Waals surface area contributed by atoms with Gasteiger partial charge in [-0.25, -0.2) is 8.42 Å². The molecule has 0 heterocycles. The monoisotopic (exact) mass is 410 g/mol. The highest BCUT2D eigenvalue weighted by Gasteiger charge is 2.23. The van der Waals surface area contributed by atoms with Gasteiger partial charge in [0.15, 0.2) is 0 Å². The Labute approximate surface area is 172 Å². The Morgan fingerprint density at radius 1 is 0.929 bits per heavy atom. The van der Waals surface area contributed by atoms with Crippen LogP contribution in [0.2, 0.25) is 0 Å². The molecule has 1 aromatic rings. The van der Waals surface area contributed by atoms with E-state index in [2.05, 4.69) is 26.1 Å². The Hall–Kier alpha value is -1.40. The SMILES string of the molecule is CCCCC(CC)C(=O)Nc1ccc(S(=O)(=O)N(CCCC)CCCC)cc1. The van der Waals surface area contributed by atoms with Gasteiger partial charge in [0.25, 0.3) is 0 Å². The zero-order chi connectivity index (χ0) is 21.0. The van der Waals surface area contributed by atoms with Crippen LogP contribution in [0, 0.1) is 5.92 Å². The van der Waals surface area contributed by atoms with E-state index in [9.17, 15) is 13.2 Å². The van der Waals surface area contributed by atoms with Gasteiger partial charge in [0.1, 0.15) is 0 Å². The second-order valence-corrected chi connectivity index (χ2v) is 9.31. The standard InChI is InChI=1S/C22H38N2O3S/c1-5-9-12-19(8-4)22(25)23-20-13-15-21(16-14-20)28(26,27)24(17-10-6-2)18-11-7-3/h13-16,19H,5-12,17-18H2,1-4H3,(H,23,25). The lowest BCUT2D eigenvalue weighted by molar-refractivity contribution is -0.120. The van der Waals surface area contributed by atoms with Crippen LogP contribution in [0.1, 0.15) is 79.1 Å². The molecule has 28 heavy (non-hydrogen) atoms. The van der Waals surface area contributed by atoms with Gasteiger partial charge < -0.3 is 5.32 Å². The predicted molar refractivity (Wildman–Crippen MR) is 117 cm³/mol. The highest BCUT2D eigenvalue weighted by atomic mass is 32.2. The van der Waals surface area contributed by atoms with Crippen molar-refractivity contribution < 1.29 is 13.2 Å². The number of unbranched alkanes of at least 4 members (excludes halogenated alkanes) is 3. The molecular weight excluding hydrogens is 372 g/mol. The van der Waals surface area contributed by atoms with Crippen LogP contribution in [-0.4, -0.2) is 31.7 Å². The number of rotatable bonds is 14. The first kappa shape index (κ1) is 24.6. The maximum absolute atomic E-state index is 13.0. The van der Waals surface area contributed by atoms with Crippen LogP contribution in [0.3, 0.4) is 0 Å². The number of nitrogens with zero attached hydrogens (tertiary/aromatic N) is 1. The van der Waals surface area contributed by atoms with E-state index in [1.165, 1.54) is 0 Å². The third kappa shape index (κ3) is 7.55. The van der Waals surface area contributed by atoms with Gasteiger partial charge in [-0.2, -0.15) is 4.31 Å². The number of carbonyl (C=O) groups excluding carboxylic acids is 1. The highest BCUT2D eigenvalue weighted by Crippen LogP contribution is 2.21. The van der Waals surface area contributed by atoms with Gasteiger partial charge in [0.2, 0.25) is 15.9 Å². The molecule has 160 valence electrons. The summed E-state index contributed by atoms with van der Waals surface area (Å²) in [7, 11) is -3.50. The Bertz CT molecular complexity index is 664. The van der Waals surface area contributed by atoms with Gasteiger partial charge in [-0.15, -0.1) is 0 Å². The fourth-order valence-electron chi connectivity index (χ4n) is 3.10. The molecule has 0 spiro atoms. The molecule has 1 N–H and O–H groups in total. The number of hydrogen-bond donors (Lipinski definition) is 1. The Morgan fingerprint density at radius 2 is 1.46 bits per heavy atom. The molecule has 0 bridgehead atoms. The Balaban J connectivity index is 2.86. The molecule has 1 amide bonds. The van der Waals surface area contributed by atoms with Gasteiger partial charge in [-0.3, -0.25) is 4.79 Å². The second kappa shape index (κ2) is 12.9. The fraction of sp³-hybridized carbons (Fsp3) is 0.682. The molecule has 0 saturated carbocycles. The summed E-state index contributed by atoms with van der Waals surface area (Å²) in [4.78, 5) is 12.7. The molecule has 1 aromatic carbocycles. The topological polar surface area (TPSA) is 66.5 Å². The van der Waals surface area contributed by atoms with E-state index >= 15 is 0 Å². The minimum atomic E-state index is -3.50. The minimum absolute atomic E-state index is 0.00179. The van der Waals surface area contributed by atoms with Crippen molar-refractivity contribution in [1.29, 1.82) is 0 Å². The first-order valence-corrected chi connectivity index (χ1v) is 12.3. The predicted octanol–water partition coefficient (Wildman–Crippen LogP) is 5.43. The Kier molecular flexibility index (Phi) is 11.4. The quantitative estimate of drug-likeness (QED) is 0.444. The molecule has 0 fully saturated rings. The average Bonchev–Trinajstić information content (AvgIpc) is 2.69. The maximum Gasteiger partial charge on any atom is 0.243 e. The molecule has 1 rings (SSSR count). The van der Waals surface area contributed by atoms with Crippen LogP contribution < -0.4 is 5.32 Å². The van der Waals surface area contributed by atoms with Crippen molar-refractivity contribution in [3.8, 4) is 0 Å². The summed E-state index contributed by atoms with van der Waals surface area (Å²) in [6.45, 7) is 9.36. The molecule has 5 nitrogen and oxygen atoms in total. The molecular formula is C22H38N2O3S. The number of hydrogen-bond acceptors (Lipinski definition) is 3. The lowest BCUT2D eigenvalue weighted by Gasteiger charge is -2.22. The summed E-state index contributed by atoms with van der Waals surface area (Å²) >= 11 is 0. The molecule has 0 aliphatic rings. The van der Waals surface area contributed by atoms with E-state index in [0.717, 1.165) is 51.4 Å². The van der Waals surface area contributed by atoms with Gasteiger partial charge in [-0.1, -0.05) is 53.4 Å². The van der Waals surface area contributed by atoms with E-state index < -0.39 is 10.0 Å². The third-order valence-corrected chi connectivity index (χ3v) is 6.96. The van der Waals surface area contributed by atoms with Crippen LogP contribution in [0.25, 0.3) is 0 Å². The fourth-order valence-corrected chi connectivity index (χ4v) is 4.61. The average molecular weight is 411 g/mol. The summed E-state index contributed by atoms with van der Waals surface area (Å²) in [5.74, 6) is 0.0148. The van der Waals surface area contributed by atoms with E-state index in [1.807, 2.05) is 6.92 Å². The van der Waals surface area contributed by atoms with Crippen LogP contribution in [0.4, 0.5) is 5.69 Å². The summed E-state index contributed by atoms with van der Waals surface area (Å²) < 4.78 is 27.6. The zero-order valence-corrected chi connectivity index (χ0v) is 18.9. The third-order valence-electron chi connectivity index (χ3n) is 5.05. The number of benzene rings is 1. The molecule has 0 aromatic heterocycles. The first-order valence-electron chi connectivity index (χ1n) is 10.8. The minimum Gasteiger partial charge on any atom is -0.326 e. The summed E-state index contributed by atoms with van der Waals surface area (Å²) in [5, 5.41) is 2.93. The molecule has 6 heteroatoms. The lowest BCUT2D eigenvalue weighted by Crippen LogP contribution is -2.33.